The lowest BCUT2D eigenvalue weighted by Gasteiger charge is -2.13. The number of carbonyl (C=O) groups excluding carboxylic acids is 3. The lowest BCUT2D eigenvalue weighted by Crippen LogP contribution is -2.27. The number of ether oxygens (including phenoxy) is 1. The molecule has 0 aliphatic carbocycles. The minimum absolute atomic E-state index is 0.0100. The lowest BCUT2D eigenvalue weighted by molar-refractivity contribution is -0.125. The van der Waals surface area contributed by atoms with Crippen LogP contribution in [-0.2, 0) is 16.1 Å². The van der Waals surface area contributed by atoms with Crippen molar-refractivity contribution in [2.45, 2.75) is 6.54 Å². The molecule has 1 fully saturated rings. The van der Waals surface area contributed by atoms with Gasteiger partial charge < -0.3 is 10.1 Å². The largest absolute Gasteiger partial charge is 0.481 e. The summed E-state index contributed by atoms with van der Waals surface area (Å²) in [5.74, 6) is -0.982. The van der Waals surface area contributed by atoms with E-state index in [1.54, 1.807) is 30.3 Å². The Morgan fingerprint density at radius 3 is 2.54 bits per heavy atom. The van der Waals surface area contributed by atoms with E-state index in [9.17, 15) is 18.8 Å². The van der Waals surface area contributed by atoms with E-state index in [1.165, 1.54) is 23.1 Å². The summed E-state index contributed by atoms with van der Waals surface area (Å²) in [6.45, 7) is -0.119. The van der Waals surface area contributed by atoms with E-state index in [0.717, 1.165) is 17.3 Å². The van der Waals surface area contributed by atoms with E-state index >= 15 is 0 Å². The van der Waals surface area contributed by atoms with Gasteiger partial charge in [-0.25, -0.2) is 4.39 Å². The number of nitrogens with one attached hydrogen (secondary N) is 1. The van der Waals surface area contributed by atoms with Crippen molar-refractivity contribution in [2.75, 3.05) is 17.7 Å². The molecule has 0 bridgehead atoms. The van der Waals surface area contributed by atoms with Crippen LogP contribution in [0.15, 0.2) is 48.5 Å². The first-order valence-electron chi connectivity index (χ1n) is 7.76. The number of amides is 3. The van der Waals surface area contributed by atoms with Crippen molar-refractivity contribution < 1.29 is 23.5 Å². The molecule has 0 spiro atoms. The van der Waals surface area contributed by atoms with Crippen LogP contribution in [0.25, 0.3) is 0 Å². The lowest BCUT2D eigenvalue weighted by atomic mass is 10.2. The van der Waals surface area contributed by atoms with Crippen LogP contribution in [0, 0.1) is 5.82 Å². The van der Waals surface area contributed by atoms with Crippen LogP contribution in [0.3, 0.4) is 0 Å². The second kappa shape index (κ2) is 8.01. The molecule has 0 aromatic heterocycles. The maximum Gasteiger partial charge on any atom is 0.289 e. The Kier molecular flexibility index (Phi) is 5.52. The topological polar surface area (TPSA) is 75.7 Å². The van der Waals surface area contributed by atoms with E-state index in [0.29, 0.717) is 5.69 Å². The third-order valence-corrected chi connectivity index (χ3v) is 4.47. The molecule has 26 heavy (non-hydrogen) atoms. The third-order valence-electron chi connectivity index (χ3n) is 3.61. The highest BCUT2D eigenvalue weighted by molar-refractivity contribution is 8.14. The van der Waals surface area contributed by atoms with Crippen molar-refractivity contribution in [1.29, 1.82) is 0 Å². The molecular weight excluding hydrogens is 359 g/mol. The Bertz CT molecular complexity index is 825. The van der Waals surface area contributed by atoms with Crippen LogP contribution in [0.5, 0.6) is 5.75 Å². The number of benzene rings is 2. The Morgan fingerprint density at radius 1 is 1.15 bits per heavy atom. The van der Waals surface area contributed by atoms with Crippen LogP contribution in [0.2, 0.25) is 0 Å². The Balaban J connectivity index is 1.52. The van der Waals surface area contributed by atoms with Crippen molar-refractivity contribution in [2.24, 2.45) is 0 Å². The van der Waals surface area contributed by atoms with Crippen LogP contribution >= 0.6 is 11.8 Å². The Hall–Kier alpha value is -2.87. The number of thioether (sulfide) groups is 1. The molecule has 0 unspecified atom stereocenters. The fraction of sp³-hybridized carbons (Fsp3) is 0.167. The van der Waals surface area contributed by atoms with Gasteiger partial charge in [0.2, 0.25) is 5.91 Å². The van der Waals surface area contributed by atoms with E-state index < -0.39 is 11.7 Å². The van der Waals surface area contributed by atoms with Gasteiger partial charge in [0.25, 0.3) is 11.1 Å². The summed E-state index contributed by atoms with van der Waals surface area (Å²) in [6.07, 6.45) is 0. The predicted octanol–water partition coefficient (Wildman–Crippen LogP) is 3.04. The van der Waals surface area contributed by atoms with Crippen LogP contribution in [0.1, 0.15) is 5.56 Å². The highest BCUT2D eigenvalue weighted by Crippen LogP contribution is 2.22. The number of para-hydroxylation sites is 1. The summed E-state index contributed by atoms with van der Waals surface area (Å²) in [7, 11) is 0. The summed E-state index contributed by atoms with van der Waals surface area (Å²) in [6, 6.07) is 12.6. The fourth-order valence-corrected chi connectivity index (χ4v) is 3.04. The minimum Gasteiger partial charge on any atom is -0.481 e. The van der Waals surface area contributed by atoms with Crippen molar-refractivity contribution in [3.05, 3.63) is 59.9 Å². The Labute approximate surface area is 153 Å². The number of hydrogen-bond acceptors (Lipinski definition) is 5. The smallest absolute Gasteiger partial charge is 0.289 e. The third kappa shape index (κ3) is 4.40. The van der Waals surface area contributed by atoms with Crippen LogP contribution in [-0.4, -0.2) is 34.3 Å². The summed E-state index contributed by atoms with van der Waals surface area (Å²) in [4.78, 5) is 36.3. The van der Waals surface area contributed by atoms with Gasteiger partial charge in [-0.15, -0.1) is 0 Å². The van der Waals surface area contributed by atoms with Crippen LogP contribution < -0.4 is 10.1 Å². The molecule has 0 saturated carbocycles. The molecule has 134 valence electrons. The molecule has 2 aromatic carbocycles. The normalized spacial score (nSPS) is 13.8. The number of carbonyl (C=O) groups is 3. The number of halogens is 1. The highest BCUT2D eigenvalue weighted by Gasteiger charge is 2.29. The van der Waals surface area contributed by atoms with Crippen molar-refractivity contribution >= 4 is 34.5 Å². The molecule has 1 heterocycles. The highest BCUT2D eigenvalue weighted by atomic mass is 32.2. The van der Waals surface area contributed by atoms with Crippen LogP contribution in [0.4, 0.5) is 14.9 Å². The summed E-state index contributed by atoms with van der Waals surface area (Å²) < 4.78 is 18.6. The molecular formula is C18H15FN2O4S. The molecule has 1 saturated heterocycles. The van der Waals surface area contributed by atoms with Gasteiger partial charge in [0.05, 0.1) is 12.3 Å². The number of imide groups is 1. The first-order valence-corrected chi connectivity index (χ1v) is 8.75. The molecule has 0 radical (unpaired) electrons. The van der Waals surface area contributed by atoms with E-state index in [4.69, 9.17) is 4.74 Å². The second-order valence-corrected chi connectivity index (χ2v) is 6.43. The van der Waals surface area contributed by atoms with Gasteiger partial charge in [0, 0.05) is 5.69 Å². The first kappa shape index (κ1) is 17.9. The minimum atomic E-state index is -0.533. The molecule has 1 N–H and O–H groups in total. The number of hydrogen-bond donors (Lipinski definition) is 1. The Morgan fingerprint density at radius 2 is 1.88 bits per heavy atom. The van der Waals surface area contributed by atoms with E-state index in [-0.39, 0.29) is 35.8 Å². The molecule has 6 nitrogen and oxygen atoms in total. The molecule has 1 aliphatic rings. The molecule has 3 amide bonds. The average molecular weight is 374 g/mol. The van der Waals surface area contributed by atoms with E-state index in [2.05, 4.69) is 5.32 Å². The van der Waals surface area contributed by atoms with Gasteiger partial charge in [-0.3, -0.25) is 19.3 Å². The zero-order chi connectivity index (χ0) is 18.5. The summed E-state index contributed by atoms with van der Waals surface area (Å²) in [5, 5.41) is 2.38. The maximum atomic E-state index is 13.4. The maximum absolute atomic E-state index is 13.4. The van der Waals surface area contributed by atoms with Gasteiger partial charge in [-0.1, -0.05) is 36.0 Å². The van der Waals surface area contributed by atoms with Gasteiger partial charge in [0.15, 0.2) is 18.2 Å². The standard InChI is InChI=1S/C18H15FN2O4S/c19-14-3-1-2-4-15(14)25-10-16(22)20-13-7-5-12(6-8-13)9-21-17(23)11-26-18(21)24/h1-8H,9-11H2,(H,20,22). The van der Waals surface area contributed by atoms with Gasteiger partial charge in [-0.2, -0.15) is 0 Å². The fourth-order valence-electron chi connectivity index (χ4n) is 2.31. The van der Waals surface area contributed by atoms with Gasteiger partial charge in [-0.05, 0) is 29.8 Å². The average Bonchev–Trinajstić information content (AvgIpc) is 2.94. The van der Waals surface area contributed by atoms with Crippen molar-refractivity contribution in [3.8, 4) is 5.75 Å². The monoisotopic (exact) mass is 374 g/mol. The zero-order valence-corrected chi connectivity index (χ0v) is 14.4. The zero-order valence-electron chi connectivity index (χ0n) is 13.6. The number of rotatable bonds is 6. The first-order chi connectivity index (χ1) is 12.5. The summed E-state index contributed by atoms with van der Waals surface area (Å²) >= 11 is 0.989. The second-order valence-electron chi connectivity index (χ2n) is 5.50. The molecule has 2 aromatic rings. The number of nitrogens with zero attached hydrogens (tertiary/aromatic N) is 1. The SMILES string of the molecule is O=C(COc1ccccc1F)Nc1ccc(CN2C(=O)CSC2=O)cc1. The van der Waals surface area contributed by atoms with Gasteiger partial charge >= 0.3 is 0 Å². The molecule has 8 heteroatoms. The molecule has 3 rings (SSSR count). The predicted molar refractivity (Wildman–Crippen MR) is 95.4 cm³/mol. The number of anilines is 1. The van der Waals surface area contributed by atoms with Crippen molar-refractivity contribution in [1.82, 2.24) is 4.90 Å². The molecule has 0 atom stereocenters. The quantitative estimate of drug-likeness (QED) is 0.841. The summed E-state index contributed by atoms with van der Waals surface area (Å²) in [5.41, 5.74) is 1.30. The van der Waals surface area contributed by atoms with Gasteiger partial charge in [0.1, 0.15) is 0 Å². The molecule has 1 aliphatic heterocycles. The van der Waals surface area contributed by atoms with Crippen molar-refractivity contribution in [3.63, 3.8) is 0 Å². The van der Waals surface area contributed by atoms with E-state index in [1.807, 2.05) is 0 Å².